The number of aryl methyl sites for hydroxylation is 1. The molecule has 0 radical (unpaired) electrons. The second-order valence-electron chi connectivity index (χ2n) is 5.90. The summed E-state index contributed by atoms with van der Waals surface area (Å²) in [6.45, 7) is 5.68. The van der Waals surface area contributed by atoms with E-state index in [1.165, 1.54) is 0 Å². The summed E-state index contributed by atoms with van der Waals surface area (Å²) in [5.74, 6) is 2.59. The maximum Gasteiger partial charge on any atom is 0.191 e. The molecule has 1 unspecified atom stereocenters. The van der Waals surface area contributed by atoms with Crippen molar-refractivity contribution < 1.29 is 9.47 Å². The summed E-state index contributed by atoms with van der Waals surface area (Å²) in [4.78, 5) is 8.78. The summed E-state index contributed by atoms with van der Waals surface area (Å²) in [5.41, 5.74) is 0. The second-order valence-corrected chi connectivity index (χ2v) is 5.90. The Morgan fingerprint density at radius 1 is 1.42 bits per heavy atom. The Morgan fingerprint density at radius 2 is 2.29 bits per heavy atom. The van der Waals surface area contributed by atoms with Gasteiger partial charge < -0.3 is 20.1 Å². The van der Waals surface area contributed by atoms with Crippen LogP contribution in [0.5, 0.6) is 0 Å². The van der Waals surface area contributed by atoms with Gasteiger partial charge in [-0.1, -0.05) is 13.3 Å². The smallest absolute Gasteiger partial charge is 0.191 e. The second kappa shape index (κ2) is 10.2. The number of nitrogens with one attached hydrogen (secondary N) is 2. The molecule has 0 spiro atoms. The van der Waals surface area contributed by atoms with E-state index in [4.69, 9.17) is 9.47 Å². The minimum Gasteiger partial charge on any atom is -0.380 e. The first kappa shape index (κ1) is 18.7. The number of hydrogen-bond acceptors (Lipinski definition) is 5. The average molecular weight is 338 g/mol. The summed E-state index contributed by atoms with van der Waals surface area (Å²) < 4.78 is 12.6. The van der Waals surface area contributed by atoms with Crippen molar-refractivity contribution >= 4 is 5.96 Å². The van der Waals surface area contributed by atoms with E-state index in [1.54, 1.807) is 14.2 Å². The van der Waals surface area contributed by atoms with E-state index < -0.39 is 0 Å². The lowest BCUT2D eigenvalue weighted by Crippen LogP contribution is -2.47. The normalized spacial score (nSPS) is 17.6. The van der Waals surface area contributed by atoms with Gasteiger partial charge in [0.2, 0.25) is 0 Å². The summed E-state index contributed by atoms with van der Waals surface area (Å²) in [5, 5.41) is 11.2. The predicted octanol–water partition coefficient (Wildman–Crippen LogP) is 0.721. The van der Waals surface area contributed by atoms with E-state index in [2.05, 4.69) is 32.6 Å². The van der Waals surface area contributed by atoms with Crippen molar-refractivity contribution in [2.45, 2.75) is 51.8 Å². The third-order valence-electron chi connectivity index (χ3n) is 3.92. The number of fused-ring (bicyclic) bond motifs is 1. The molecule has 1 aromatic heterocycles. The molecule has 8 heteroatoms. The van der Waals surface area contributed by atoms with Crippen LogP contribution in [0.4, 0.5) is 0 Å². The third-order valence-corrected chi connectivity index (χ3v) is 3.92. The van der Waals surface area contributed by atoms with Gasteiger partial charge in [-0.3, -0.25) is 4.99 Å². The fraction of sp³-hybridized carbons (Fsp3) is 0.812. The number of unbranched alkanes of at least 4 members (excludes halogenated alkanes) is 1. The number of aromatic nitrogens is 3. The third kappa shape index (κ3) is 5.76. The van der Waals surface area contributed by atoms with Crippen molar-refractivity contribution in [3.05, 3.63) is 11.6 Å². The van der Waals surface area contributed by atoms with Crippen molar-refractivity contribution in [1.29, 1.82) is 0 Å². The first-order valence-electron chi connectivity index (χ1n) is 8.73. The summed E-state index contributed by atoms with van der Waals surface area (Å²) >= 11 is 0. The Hall–Kier alpha value is -1.67. The SMILES string of the molecule is CCCCOCCNC(=NC)NC1CCc2nc(COC)nn2C1. The zero-order valence-corrected chi connectivity index (χ0v) is 15.0. The molecule has 0 saturated heterocycles. The van der Waals surface area contributed by atoms with Crippen LogP contribution >= 0.6 is 0 Å². The van der Waals surface area contributed by atoms with Gasteiger partial charge in [-0.25, -0.2) is 9.67 Å². The number of methoxy groups -OCH3 is 1. The molecule has 2 N–H and O–H groups in total. The van der Waals surface area contributed by atoms with Crippen molar-refractivity contribution in [3.8, 4) is 0 Å². The first-order chi connectivity index (χ1) is 11.8. The molecular formula is C16H30N6O2. The topological polar surface area (TPSA) is 85.6 Å². The van der Waals surface area contributed by atoms with E-state index in [1.807, 2.05) is 4.68 Å². The van der Waals surface area contributed by atoms with Gasteiger partial charge >= 0.3 is 0 Å². The number of nitrogens with zero attached hydrogens (tertiary/aromatic N) is 4. The molecule has 24 heavy (non-hydrogen) atoms. The minimum atomic E-state index is 0.293. The maximum atomic E-state index is 5.55. The Bertz CT molecular complexity index is 517. The van der Waals surface area contributed by atoms with Crippen LogP contribution in [0.1, 0.15) is 37.8 Å². The van der Waals surface area contributed by atoms with Crippen LogP contribution < -0.4 is 10.6 Å². The van der Waals surface area contributed by atoms with Gasteiger partial charge in [-0.2, -0.15) is 5.10 Å². The molecule has 0 bridgehead atoms. The quantitative estimate of drug-likeness (QED) is 0.392. The van der Waals surface area contributed by atoms with Gasteiger partial charge in [0.1, 0.15) is 12.4 Å². The molecule has 0 saturated carbocycles. The highest BCUT2D eigenvalue weighted by atomic mass is 16.5. The number of rotatable bonds is 9. The minimum absolute atomic E-state index is 0.293. The number of hydrogen-bond donors (Lipinski definition) is 2. The van der Waals surface area contributed by atoms with Crippen LogP contribution in [0.3, 0.4) is 0 Å². The fourth-order valence-electron chi connectivity index (χ4n) is 2.65. The standard InChI is InChI=1S/C16H30N6O2/c1-4-5-9-24-10-8-18-16(17-2)19-13-6-7-15-20-14(12-23-3)21-22(15)11-13/h13H,4-12H2,1-3H3,(H2,17,18,19). The van der Waals surface area contributed by atoms with Crippen molar-refractivity contribution in [2.75, 3.05) is 33.9 Å². The van der Waals surface area contributed by atoms with Crippen molar-refractivity contribution in [2.24, 2.45) is 4.99 Å². The largest absolute Gasteiger partial charge is 0.380 e. The molecule has 0 aliphatic carbocycles. The van der Waals surface area contributed by atoms with Gasteiger partial charge in [0.05, 0.1) is 13.2 Å². The van der Waals surface area contributed by atoms with Crippen LogP contribution in [0.25, 0.3) is 0 Å². The average Bonchev–Trinajstić information content (AvgIpc) is 2.98. The molecule has 1 aliphatic rings. The van der Waals surface area contributed by atoms with Gasteiger partial charge in [0, 0.05) is 39.8 Å². The van der Waals surface area contributed by atoms with E-state index in [0.717, 1.165) is 63.0 Å². The molecule has 0 aromatic carbocycles. The summed E-state index contributed by atoms with van der Waals surface area (Å²) in [6.07, 6.45) is 4.19. The van der Waals surface area contributed by atoms with E-state index in [9.17, 15) is 0 Å². The lowest BCUT2D eigenvalue weighted by Gasteiger charge is -2.25. The Labute approximate surface area is 144 Å². The number of aliphatic imine (C=N–C) groups is 1. The summed E-state index contributed by atoms with van der Waals surface area (Å²) in [7, 11) is 3.44. The molecular weight excluding hydrogens is 308 g/mol. The van der Waals surface area contributed by atoms with Gasteiger partial charge in [-0.15, -0.1) is 0 Å². The van der Waals surface area contributed by atoms with Crippen molar-refractivity contribution in [3.63, 3.8) is 0 Å². The fourth-order valence-corrected chi connectivity index (χ4v) is 2.65. The van der Waals surface area contributed by atoms with Crippen LogP contribution in [-0.2, 0) is 29.0 Å². The highest BCUT2D eigenvalue weighted by Gasteiger charge is 2.22. The highest BCUT2D eigenvalue weighted by molar-refractivity contribution is 5.79. The van der Waals surface area contributed by atoms with E-state index >= 15 is 0 Å². The zero-order valence-electron chi connectivity index (χ0n) is 15.0. The van der Waals surface area contributed by atoms with Crippen LogP contribution in [-0.4, -0.2) is 60.7 Å². The Balaban J connectivity index is 1.73. The van der Waals surface area contributed by atoms with Gasteiger partial charge in [0.25, 0.3) is 0 Å². The molecule has 8 nitrogen and oxygen atoms in total. The highest BCUT2D eigenvalue weighted by Crippen LogP contribution is 2.13. The molecule has 2 heterocycles. The lowest BCUT2D eigenvalue weighted by molar-refractivity contribution is 0.135. The lowest BCUT2D eigenvalue weighted by atomic mass is 10.1. The van der Waals surface area contributed by atoms with Crippen molar-refractivity contribution in [1.82, 2.24) is 25.4 Å². The molecule has 2 rings (SSSR count). The molecule has 1 aliphatic heterocycles. The molecule has 1 atom stereocenters. The molecule has 136 valence electrons. The zero-order chi connectivity index (χ0) is 17.2. The molecule has 0 amide bonds. The van der Waals surface area contributed by atoms with Gasteiger partial charge in [-0.05, 0) is 12.8 Å². The number of guanidine groups is 1. The van der Waals surface area contributed by atoms with Crippen LogP contribution in [0.2, 0.25) is 0 Å². The van der Waals surface area contributed by atoms with E-state index in [-0.39, 0.29) is 0 Å². The maximum absolute atomic E-state index is 5.55. The van der Waals surface area contributed by atoms with E-state index in [0.29, 0.717) is 19.3 Å². The van der Waals surface area contributed by atoms with Gasteiger partial charge in [0.15, 0.2) is 11.8 Å². The Kier molecular flexibility index (Phi) is 7.97. The first-order valence-corrected chi connectivity index (χ1v) is 8.73. The Morgan fingerprint density at radius 3 is 3.04 bits per heavy atom. The number of ether oxygens (including phenoxy) is 2. The summed E-state index contributed by atoms with van der Waals surface area (Å²) in [6, 6.07) is 0.293. The predicted molar refractivity (Wildman–Crippen MR) is 93.1 cm³/mol. The monoisotopic (exact) mass is 338 g/mol. The van der Waals surface area contributed by atoms with Crippen LogP contribution in [0, 0.1) is 0 Å². The van der Waals surface area contributed by atoms with Crippen LogP contribution in [0.15, 0.2) is 4.99 Å². The molecule has 1 aromatic rings. The molecule has 0 fully saturated rings.